The number of aliphatic imine (C=N–C) groups is 1. The first-order chi connectivity index (χ1) is 15.8. The minimum absolute atomic E-state index is 0. The van der Waals surface area contributed by atoms with Crippen LogP contribution < -0.4 is 15.4 Å². The molecule has 0 unspecified atom stereocenters. The zero-order chi connectivity index (χ0) is 22.5. The van der Waals surface area contributed by atoms with Gasteiger partial charge in [-0.1, -0.05) is 12.1 Å². The van der Waals surface area contributed by atoms with E-state index in [0.29, 0.717) is 12.5 Å². The second-order valence-electron chi connectivity index (χ2n) is 8.69. The average Bonchev–Trinajstić information content (AvgIpc) is 2.85. The molecule has 1 aromatic carbocycles. The van der Waals surface area contributed by atoms with Gasteiger partial charge in [-0.15, -0.1) is 24.0 Å². The molecule has 2 saturated heterocycles. The van der Waals surface area contributed by atoms with Gasteiger partial charge in [-0.05, 0) is 62.6 Å². The van der Waals surface area contributed by atoms with Crippen molar-refractivity contribution in [3.63, 3.8) is 0 Å². The van der Waals surface area contributed by atoms with Gasteiger partial charge in [0.1, 0.15) is 5.75 Å². The van der Waals surface area contributed by atoms with Crippen LogP contribution in [0.15, 0.2) is 29.3 Å². The molecule has 1 aromatic rings. The Kier molecular flexibility index (Phi) is 13.4. The third kappa shape index (κ3) is 9.22. The van der Waals surface area contributed by atoms with Gasteiger partial charge in [0.15, 0.2) is 5.96 Å². The summed E-state index contributed by atoms with van der Waals surface area (Å²) >= 11 is 0. The first-order valence-electron chi connectivity index (χ1n) is 12.2. The predicted molar refractivity (Wildman–Crippen MR) is 143 cm³/mol. The molecule has 7 nitrogen and oxygen atoms in total. The Labute approximate surface area is 216 Å². The van der Waals surface area contributed by atoms with Crippen molar-refractivity contribution < 1.29 is 18.9 Å². The molecule has 188 valence electrons. The van der Waals surface area contributed by atoms with Crippen LogP contribution >= 0.6 is 24.0 Å². The molecule has 2 N–H and O–H groups in total. The lowest BCUT2D eigenvalue weighted by Crippen LogP contribution is -2.48. The van der Waals surface area contributed by atoms with E-state index in [2.05, 4.69) is 39.9 Å². The Morgan fingerprint density at radius 2 is 1.76 bits per heavy atom. The lowest BCUT2D eigenvalue weighted by Gasteiger charge is -2.38. The molecule has 0 atom stereocenters. The van der Waals surface area contributed by atoms with Crippen molar-refractivity contribution in [2.75, 3.05) is 66.4 Å². The SMILES string of the molecule is CCOc1ccc(C2(CNC(=NC)NCCCOCC3CCOCC3)CCOCC2)cc1.I. The van der Waals surface area contributed by atoms with Crippen molar-refractivity contribution in [1.29, 1.82) is 0 Å². The summed E-state index contributed by atoms with van der Waals surface area (Å²) in [4.78, 5) is 4.42. The van der Waals surface area contributed by atoms with Crippen molar-refractivity contribution in [1.82, 2.24) is 10.6 Å². The van der Waals surface area contributed by atoms with Gasteiger partial charge in [-0.3, -0.25) is 4.99 Å². The van der Waals surface area contributed by atoms with Crippen LogP contribution in [0.3, 0.4) is 0 Å². The molecule has 0 amide bonds. The number of nitrogens with zero attached hydrogens (tertiary/aromatic N) is 1. The van der Waals surface area contributed by atoms with Crippen LogP contribution in [-0.2, 0) is 19.6 Å². The molecule has 2 aliphatic heterocycles. The van der Waals surface area contributed by atoms with Gasteiger partial charge in [-0.2, -0.15) is 0 Å². The molecule has 8 heteroatoms. The molecular weight excluding hydrogens is 533 g/mol. The van der Waals surface area contributed by atoms with E-state index in [1.54, 1.807) is 0 Å². The monoisotopic (exact) mass is 575 g/mol. The maximum atomic E-state index is 5.86. The van der Waals surface area contributed by atoms with Crippen LogP contribution in [0.1, 0.15) is 44.6 Å². The Bertz CT molecular complexity index is 675. The van der Waals surface area contributed by atoms with Crippen molar-refractivity contribution in [2.45, 2.75) is 44.4 Å². The summed E-state index contributed by atoms with van der Waals surface area (Å²) in [7, 11) is 1.82. The van der Waals surface area contributed by atoms with Gasteiger partial charge < -0.3 is 29.6 Å². The Morgan fingerprint density at radius 3 is 2.42 bits per heavy atom. The highest BCUT2D eigenvalue weighted by molar-refractivity contribution is 14.0. The number of benzene rings is 1. The predicted octanol–water partition coefficient (Wildman–Crippen LogP) is 3.75. The van der Waals surface area contributed by atoms with Crippen molar-refractivity contribution in [3.05, 3.63) is 29.8 Å². The molecule has 3 rings (SSSR count). The summed E-state index contributed by atoms with van der Waals surface area (Å²) in [6.45, 7) is 9.30. The topological polar surface area (TPSA) is 73.3 Å². The van der Waals surface area contributed by atoms with Gasteiger partial charge in [0, 0.05) is 65.2 Å². The van der Waals surface area contributed by atoms with E-state index in [-0.39, 0.29) is 29.4 Å². The lowest BCUT2D eigenvalue weighted by molar-refractivity contribution is 0.0203. The number of ether oxygens (including phenoxy) is 4. The van der Waals surface area contributed by atoms with Crippen molar-refractivity contribution >= 4 is 29.9 Å². The zero-order valence-electron chi connectivity index (χ0n) is 20.3. The van der Waals surface area contributed by atoms with E-state index >= 15 is 0 Å². The van der Waals surface area contributed by atoms with Crippen LogP contribution in [0.4, 0.5) is 0 Å². The fourth-order valence-corrected chi connectivity index (χ4v) is 4.42. The summed E-state index contributed by atoms with van der Waals surface area (Å²) in [5, 5.41) is 6.99. The van der Waals surface area contributed by atoms with Crippen molar-refractivity contribution in [3.8, 4) is 5.75 Å². The summed E-state index contributed by atoms with van der Waals surface area (Å²) < 4.78 is 22.6. The number of nitrogens with one attached hydrogen (secondary N) is 2. The Morgan fingerprint density at radius 1 is 1.06 bits per heavy atom. The third-order valence-electron chi connectivity index (χ3n) is 6.50. The van der Waals surface area contributed by atoms with Crippen LogP contribution in [-0.4, -0.2) is 72.3 Å². The molecule has 2 heterocycles. The smallest absolute Gasteiger partial charge is 0.191 e. The Hall–Kier alpha value is -1.10. The van der Waals surface area contributed by atoms with E-state index in [1.165, 1.54) is 5.56 Å². The highest BCUT2D eigenvalue weighted by atomic mass is 127. The summed E-state index contributed by atoms with van der Waals surface area (Å²) in [5.41, 5.74) is 1.36. The first-order valence-corrected chi connectivity index (χ1v) is 12.2. The first kappa shape index (κ1) is 28.1. The Balaban J connectivity index is 0.00000385. The average molecular weight is 576 g/mol. The summed E-state index contributed by atoms with van der Waals surface area (Å²) in [6, 6.07) is 8.54. The van der Waals surface area contributed by atoms with Crippen LogP contribution in [0, 0.1) is 5.92 Å². The third-order valence-corrected chi connectivity index (χ3v) is 6.50. The number of hydrogen-bond donors (Lipinski definition) is 2. The summed E-state index contributed by atoms with van der Waals surface area (Å²) in [6.07, 6.45) is 5.18. The summed E-state index contributed by atoms with van der Waals surface area (Å²) in [5.74, 6) is 2.42. The minimum atomic E-state index is 0. The lowest BCUT2D eigenvalue weighted by atomic mass is 9.74. The molecule has 0 aromatic heterocycles. The highest BCUT2D eigenvalue weighted by Gasteiger charge is 2.34. The second kappa shape index (κ2) is 15.7. The van der Waals surface area contributed by atoms with Crippen LogP contribution in [0.2, 0.25) is 0 Å². The standard InChI is InChI=1S/C25H41N3O4.HI/c1-3-32-23-7-5-22(6-8-23)25(11-17-30-18-12-25)20-28-24(26-2)27-13-4-14-31-19-21-9-15-29-16-10-21;/h5-8,21H,3-4,9-20H2,1-2H3,(H2,26,27,28);1H. The van der Waals surface area contributed by atoms with Crippen LogP contribution in [0.5, 0.6) is 5.75 Å². The van der Waals surface area contributed by atoms with Gasteiger partial charge in [0.05, 0.1) is 6.61 Å². The normalized spacial score (nSPS) is 18.9. The molecule has 0 bridgehead atoms. The molecule has 0 saturated carbocycles. The van der Waals surface area contributed by atoms with E-state index in [9.17, 15) is 0 Å². The zero-order valence-corrected chi connectivity index (χ0v) is 22.6. The number of hydrogen-bond acceptors (Lipinski definition) is 5. The molecular formula is C25H42IN3O4. The largest absolute Gasteiger partial charge is 0.494 e. The fraction of sp³-hybridized carbons (Fsp3) is 0.720. The second-order valence-corrected chi connectivity index (χ2v) is 8.69. The fourth-order valence-electron chi connectivity index (χ4n) is 4.42. The molecule has 0 radical (unpaired) electrons. The number of rotatable bonds is 11. The number of halogens is 1. The number of guanidine groups is 1. The van der Waals surface area contributed by atoms with E-state index < -0.39 is 0 Å². The van der Waals surface area contributed by atoms with Gasteiger partial charge in [-0.25, -0.2) is 0 Å². The molecule has 0 aliphatic carbocycles. The quantitative estimate of drug-likeness (QED) is 0.181. The maximum Gasteiger partial charge on any atom is 0.191 e. The van der Waals surface area contributed by atoms with Gasteiger partial charge >= 0.3 is 0 Å². The molecule has 2 fully saturated rings. The molecule has 2 aliphatic rings. The van der Waals surface area contributed by atoms with Gasteiger partial charge in [0.25, 0.3) is 0 Å². The minimum Gasteiger partial charge on any atom is -0.494 e. The molecule has 33 heavy (non-hydrogen) atoms. The van der Waals surface area contributed by atoms with Crippen LogP contribution in [0.25, 0.3) is 0 Å². The van der Waals surface area contributed by atoms with E-state index in [0.717, 1.165) is 96.5 Å². The van der Waals surface area contributed by atoms with Gasteiger partial charge in [0.2, 0.25) is 0 Å². The van der Waals surface area contributed by atoms with E-state index in [4.69, 9.17) is 18.9 Å². The maximum absolute atomic E-state index is 5.86. The molecule has 0 spiro atoms. The van der Waals surface area contributed by atoms with Crippen molar-refractivity contribution in [2.24, 2.45) is 10.9 Å². The van der Waals surface area contributed by atoms with E-state index in [1.807, 2.05) is 14.0 Å². The highest BCUT2D eigenvalue weighted by Crippen LogP contribution is 2.35.